The van der Waals surface area contributed by atoms with Crippen LogP contribution in [-0.4, -0.2) is 15.0 Å². The summed E-state index contributed by atoms with van der Waals surface area (Å²) in [4.78, 5) is 13.8. The molecule has 0 aliphatic rings. The fourth-order valence-electron chi connectivity index (χ4n) is 4.69. The van der Waals surface area contributed by atoms with Gasteiger partial charge in [0, 0.05) is 46.9 Å². The van der Waals surface area contributed by atoms with Crippen molar-refractivity contribution in [3.63, 3.8) is 0 Å². The van der Waals surface area contributed by atoms with E-state index in [1.165, 1.54) is 27.3 Å². The summed E-state index contributed by atoms with van der Waals surface area (Å²) < 4.78 is 0. The van der Waals surface area contributed by atoms with Crippen LogP contribution in [0.15, 0.2) is 104 Å². The third-order valence-corrected chi connectivity index (χ3v) is 6.43. The van der Waals surface area contributed by atoms with Crippen LogP contribution in [0.5, 0.6) is 0 Å². The monoisotopic (exact) mass is 437 g/mol. The number of aryl methyl sites for hydroxylation is 2. The minimum atomic E-state index is 0.968. The Balaban J connectivity index is 1.55. The molecule has 6 aromatic rings. The fourth-order valence-corrected chi connectivity index (χ4v) is 4.69. The number of hydrogen-bond donors (Lipinski definition) is 0. The molecule has 0 radical (unpaired) electrons. The average molecular weight is 438 g/mol. The van der Waals surface area contributed by atoms with Crippen LogP contribution < -0.4 is 0 Å². The first-order valence-corrected chi connectivity index (χ1v) is 11.4. The third kappa shape index (κ3) is 3.52. The molecule has 6 rings (SSSR count). The maximum Gasteiger partial charge on any atom is 0.0714 e. The third-order valence-electron chi connectivity index (χ3n) is 6.43. The molecule has 0 spiro atoms. The molecule has 34 heavy (non-hydrogen) atoms. The van der Waals surface area contributed by atoms with Gasteiger partial charge in [-0.05, 0) is 77.7 Å². The summed E-state index contributed by atoms with van der Waals surface area (Å²) in [5.41, 5.74) is 10.00. The number of fused-ring (bicyclic) bond motifs is 3. The van der Waals surface area contributed by atoms with E-state index >= 15 is 0 Å². The number of rotatable bonds is 3. The zero-order valence-electron chi connectivity index (χ0n) is 19.2. The molecule has 3 nitrogen and oxygen atoms in total. The van der Waals surface area contributed by atoms with Crippen LogP contribution in [0, 0.1) is 13.8 Å². The van der Waals surface area contributed by atoms with Crippen molar-refractivity contribution in [1.29, 1.82) is 0 Å². The van der Waals surface area contributed by atoms with E-state index in [9.17, 15) is 0 Å². The molecule has 0 atom stereocenters. The first-order valence-electron chi connectivity index (χ1n) is 11.4. The van der Waals surface area contributed by atoms with Gasteiger partial charge in [0.1, 0.15) is 0 Å². The molecule has 3 aromatic heterocycles. The van der Waals surface area contributed by atoms with Crippen LogP contribution in [0.4, 0.5) is 0 Å². The van der Waals surface area contributed by atoms with E-state index in [1.54, 1.807) is 0 Å². The van der Waals surface area contributed by atoms with Crippen molar-refractivity contribution in [2.75, 3.05) is 0 Å². The highest BCUT2D eigenvalue weighted by Gasteiger charge is 2.12. The second kappa shape index (κ2) is 8.20. The molecule has 0 saturated carbocycles. The van der Waals surface area contributed by atoms with E-state index in [4.69, 9.17) is 0 Å². The van der Waals surface area contributed by atoms with E-state index in [0.29, 0.717) is 0 Å². The van der Waals surface area contributed by atoms with Gasteiger partial charge in [-0.3, -0.25) is 15.0 Å². The average Bonchev–Trinajstić information content (AvgIpc) is 2.89. The number of benzene rings is 3. The number of hydrogen-bond acceptors (Lipinski definition) is 3. The molecule has 162 valence electrons. The van der Waals surface area contributed by atoms with Crippen molar-refractivity contribution in [3.8, 4) is 33.5 Å². The van der Waals surface area contributed by atoms with Crippen LogP contribution in [0.1, 0.15) is 11.1 Å². The Morgan fingerprint density at radius 3 is 2.26 bits per heavy atom. The standard InChI is InChI=1S/C31H23N3/c1-20-8-11-25-26-6-5-13-34-31(26)17-28(29(25)14-20)24-15-23(18-32-19-24)27-16-22(10-9-21(27)2)30-7-3-4-12-33-30/h3-19H,1-2H3. The summed E-state index contributed by atoms with van der Waals surface area (Å²) in [5.74, 6) is 0. The SMILES string of the molecule is Cc1ccc2c(c1)c(-c1cncc(-c3cc(-c4ccccn4)ccc3C)c1)cc1ncccc12. The van der Waals surface area contributed by atoms with E-state index in [0.717, 1.165) is 39.0 Å². The summed E-state index contributed by atoms with van der Waals surface area (Å²) in [5, 5.41) is 3.60. The molecule has 3 heterocycles. The highest BCUT2D eigenvalue weighted by molar-refractivity contribution is 6.13. The number of nitrogens with zero attached hydrogens (tertiary/aromatic N) is 3. The summed E-state index contributed by atoms with van der Waals surface area (Å²) in [6, 6.07) is 27.7. The van der Waals surface area contributed by atoms with Gasteiger partial charge in [0.05, 0.1) is 11.2 Å². The van der Waals surface area contributed by atoms with Gasteiger partial charge in [-0.15, -0.1) is 0 Å². The summed E-state index contributed by atoms with van der Waals surface area (Å²) in [6.07, 6.45) is 7.58. The first kappa shape index (κ1) is 20.3. The van der Waals surface area contributed by atoms with Gasteiger partial charge >= 0.3 is 0 Å². The molecule has 0 fully saturated rings. The molecule has 0 N–H and O–H groups in total. The molecular formula is C31H23N3. The van der Waals surface area contributed by atoms with Crippen molar-refractivity contribution in [3.05, 3.63) is 115 Å². The maximum absolute atomic E-state index is 4.65. The summed E-state index contributed by atoms with van der Waals surface area (Å²) >= 11 is 0. The minimum Gasteiger partial charge on any atom is -0.263 e. The number of pyridine rings is 3. The lowest BCUT2D eigenvalue weighted by molar-refractivity contribution is 1.31. The van der Waals surface area contributed by atoms with Crippen molar-refractivity contribution >= 4 is 21.7 Å². The maximum atomic E-state index is 4.65. The predicted octanol–water partition coefficient (Wildman–Crippen LogP) is 7.80. The second-order valence-corrected chi connectivity index (χ2v) is 8.75. The van der Waals surface area contributed by atoms with Gasteiger partial charge in [-0.25, -0.2) is 0 Å². The highest BCUT2D eigenvalue weighted by Crippen LogP contribution is 2.36. The number of aromatic nitrogens is 3. The van der Waals surface area contributed by atoms with E-state index in [1.807, 2.05) is 49.1 Å². The van der Waals surface area contributed by atoms with Gasteiger partial charge in [-0.2, -0.15) is 0 Å². The Bertz CT molecular complexity index is 1670. The fraction of sp³-hybridized carbons (Fsp3) is 0.0645. The Morgan fingerprint density at radius 1 is 0.559 bits per heavy atom. The van der Waals surface area contributed by atoms with Crippen LogP contribution >= 0.6 is 0 Å². The van der Waals surface area contributed by atoms with Crippen molar-refractivity contribution in [2.24, 2.45) is 0 Å². The van der Waals surface area contributed by atoms with Crippen molar-refractivity contribution < 1.29 is 0 Å². The quantitative estimate of drug-likeness (QED) is 0.265. The van der Waals surface area contributed by atoms with Crippen LogP contribution in [-0.2, 0) is 0 Å². The molecule has 0 bridgehead atoms. The largest absolute Gasteiger partial charge is 0.263 e. The lowest BCUT2D eigenvalue weighted by Crippen LogP contribution is -1.91. The molecule has 0 aliphatic carbocycles. The van der Waals surface area contributed by atoms with Gasteiger partial charge < -0.3 is 0 Å². The molecule has 0 saturated heterocycles. The Kier molecular flexibility index (Phi) is 4.88. The van der Waals surface area contributed by atoms with Crippen LogP contribution in [0.25, 0.3) is 55.2 Å². The lowest BCUT2D eigenvalue weighted by Gasteiger charge is -2.13. The van der Waals surface area contributed by atoms with E-state index in [2.05, 4.69) is 83.4 Å². The van der Waals surface area contributed by atoms with Crippen LogP contribution in [0.3, 0.4) is 0 Å². The van der Waals surface area contributed by atoms with Gasteiger partial charge in [0.2, 0.25) is 0 Å². The normalized spacial score (nSPS) is 11.2. The van der Waals surface area contributed by atoms with E-state index < -0.39 is 0 Å². The highest BCUT2D eigenvalue weighted by atomic mass is 14.7. The van der Waals surface area contributed by atoms with E-state index in [-0.39, 0.29) is 0 Å². The Labute approximate surface area is 198 Å². The molecule has 3 aromatic carbocycles. The first-order chi connectivity index (χ1) is 16.7. The summed E-state index contributed by atoms with van der Waals surface area (Å²) in [6.45, 7) is 4.28. The van der Waals surface area contributed by atoms with Crippen LogP contribution in [0.2, 0.25) is 0 Å². The lowest BCUT2D eigenvalue weighted by atomic mass is 9.92. The summed E-state index contributed by atoms with van der Waals surface area (Å²) in [7, 11) is 0. The zero-order valence-corrected chi connectivity index (χ0v) is 19.2. The topological polar surface area (TPSA) is 38.7 Å². The molecule has 0 amide bonds. The van der Waals surface area contributed by atoms with Gasteiger partial charge in [0.15, 0.2) is 0 Å². The van der Waals surface area contributed by atoms with Gasteiger partial charge in [0.25, 0.3) is 0 Å². The minimum absolute atomic E-state index is 0.968. The Morgan fingerprint density at radius 2 is 1.41 bits per heavy atom. The zero-order chi connectivity index (χ0) is 23.1. The van der Waals surface area contributed by atoms with Gasteiger partial charge in [-0.1, -0.05) is 48.0 Å². The molecular weight excluding hydrogens is 414 g/mol. The van der Waals surface area contributed by atoms with Crippen molar-refractivity contribution in [1.82, 2.24) is 15.0 Å². The molecule has 3 heteroatoms. The second-order valence-electron chi connectivity index (χ2n) is 8.75. The Hall–Kier alpha value is -4.37. The predicted molar refractivity (Wildman–Crippen MR) is 141 cm³/mol. The molecule has 0 unspecified atom stereocenters. The smallest absolute Gasteiger partial charge is 0.0714 e. The molecule has 0 aliphatic heterocycles. The van der Waals surface area contributed by atoms with Crippen molar-refractivity contribution in [2.45, 2.75) is 13.8 Å².